The summed E-state index contributed by atoms with van der Waals surface area (Å²) in [5.41, 5.74) is 5.85. The van der Waals surface area contributed by atoms with E-state index < -0.39 is 0 Å². The summed E-state index contributed by atoms with van der Waals surface area (Å²) < 4.78 is 11.6. The maximum Gasteiger partial charge on any atom is 0.156 e. The van der Waals surface area contributed by atoms with Crippen LogP contribution in [-0.2, 0) is 6.42 Å². The number of aryl methyl sites for hydroxylation is 1. The van der Waals surface area contributed by atoms with Gasteiger partial charge in [-0.05, 0) is 94.3 Å². The molecule has 0 atom stereocenters. The first kappa shape index (κ1) is 23.4. The first-order valence-corrected chi connectivity index (χ1v) is 11.7. The average molecular weight is 454 g/mol. The highest BCUT2D eigenvalue weighted by atomic mass is 16.5. The van der Waals surface area contributed by atoms with Crippen LogP contribution in [0.2, 0.25) is 0 Å². The Kier molecular flexibility index (Phi) is 7.21. The third-order valence-electron chi connectivity index (χ3n) is 5.34. The van der Waals surface area contributed by atoms with Crippen LogP contribution in [0.3, 0.4) is 0 Å². The van der Waals surface area contributed by atoms with Crippen molar-refractivity contribution in [3.8, 4) is 34.0 Å². The molecular formula is C29H31N3O2. The van der Waals surface area contributed by atoms with E-state index in [0.717, 1.165) is 34.0 Å². The number of benzene rings is 3. The van der Waals surface area contributed by atoms with Crippen LogP contribution >= 0.6 is 0 Å². The molecule has 0 bridgehead atoms. The summed E-state index contributed by atoms with van der Waals surface area (Å²) in [6.45, 7) is 10.2. The van der Waals surface area contributed by atoms with E-state index in [9.17, 15) is 0 Å². The Bertz CT molecular complexity index is 1230. The molecule has 3 aromatic carbocycles. The van der Waals surface area contributed by atoms with E-state index in [-0.39, 0.29) is 12.2 Å². The molecule has 0 unspecified atom stereocenters. The Morgan fingerprint density at radius 3 is 1.71 bits per heavy atom. The van der Waals surface area contributed by atoms with Gasteiger partial charge in [-0.15, -0.1) is 10.2 Å². The van der Waals surface area contributed by atoms with Crippen molar-refractivity contribution in [2.24, 2.45) is 0 Å². The van der Waals surface area contributed by atoms with Crippen molar-refractivity contribution in [1.82, 2.24) is 15.2 Å². The normalized spacial score (nSPS) is 11.1. The van der Waals surface area contributed by atoms with Crippen LogP contribution in [-0.4, -0.2) is 27.4 Å². The molecule has 0 amide bonds. The van der Waals surface area contributed by atoms with Crippen molar-refractivity contribution in [3.63, 3.8) is 0 Å². The topological polar surface area (TPSA) is 57.1 Å². The van der Waals surface area contributed by atoms with Gasteiger partial charge < -0.3 is 9.47 Å². The number of ether oxygens (including phenoxy) is 2. The van der Waals surface area contributed by atoms with E-state index in [0.29, 0.717) is 12.2 Å². The van der Waals surface area contributed by atoms with E-state index in [1.807, 2.05) is 88.4 Å². The molecule has 34 heavy (non-hydrogen) atoms. The monoisotopic (exact) mass is 453 g/mol. The Labute approximate surface area is 201 Å². The first-order valence-electron chi connectivity index (χ1n) is 11.7. The fourth-order valence-electron chi connectivity index (χ4n) is 3.74. The summed E-state index contributed by atoms with van der Waals surface area (Å²) in [4.78, 5) is 4.97. The lowest BCUT2D eigenvalue weighted by Gasteiger charge is -2.13. The van der Waals surface area contributed by atoms with E-state index in [1.54, 1.807) is 0 Å². The third kappa shape index (κ3) is 5.79. The highest BCUT2D eigenvalue weighted by molar-refractivity contribution is 5.78. The molecule has 0 N–H and O–H groups in total. The lowest BCUT2D eigenvalue weighted by atomic mass is 10.0. The summed E-state index contributed by atoms with van der Waals surface area (Å²) in [5.74, 6) is 2.35. The van der Waals surface area contributed by atoms with Gasteiger partial charge in [0.1, 0.15) is 22.9 Å². The zero-order valence-corrected chi connectivity index (χ0v) is 20.4. The number of aromatic nitrogens is 3. The van der Waals surface area contributed by atoms with Crippen LogP contribution < -0.4 is 9.47 Å². The molecule has 4 aromatic rings. The molecule has 0 aliphatic rings. The fraction of sp³-hybridized carbons (Fsp3) is 0.276. The van der Waals surface area contributed by atoms with Crippen LogP contribution in [0, 0.1) is 6.92 Å². The summed E-state index contributed by atoms with van der Waals surface area (Å²) in [6.07, 6.45) is 0.868. The number of hydrogen-bond donors (Lipinski definition) is 0. The largest absolute Gasteiger partial charge is 0.491 e. The zero-order valence-electron chi connectivity index (χ0n) is 20.4. The van der Waals surface area contributed by atoms with E-state index >= 15 is 0 Å². The third-order valence-corrected chi connectivity index (χ3v) is 5.34. The molecule has 0 aliphatic carbocycles. The van der Waals surface area contributed by atoms with Gasteiger partial charge in [0.2, 0.25) is 0 Å². The minimum absolute atomic E-state index is 0.120. The summed E-state index contributed by atoms with van der Waals surface area (Å²) >= 11 is 0. The van der Waals surface area contributed by atoms with Gasteiger partial charge in [-0.2, -0.15) is 0 Å². The number of rotatable bonds is 8. The Morgan fingerprint density at radius 2 is 1.18 bits per heavy atom. The first-order chi connectivity index (χ1) is 16.4. The molecule has 4 rings (SSSR count). The van der Waals surface area contributed by atoms with Crippen molar-refractivity contribution in [3.05, 3.63) is 89.7 Å². The molecule has 174 valence electrons. The lowest BCUT2D eigenvalue weighted by Crippen LogP contribution is -2.06. The molecule has 0 saturated heterocycles. The Morgan fingerprint density at radius 1 is 0.647 bits per heavy atom. The smallest absolute Gasteiger partial charge is 0.156 e. The van der Waals surface area contributed by atoms with E-state index in [4.69, 9.17) is 14.5 Å². The lowest BCUT2D eigenvalue weighted by molar-refractivity contribution is 0.242. The van der Waals surface area contributed by atoms with Gasteiger partial charge in [-0.1, -0.05) is 24.3 Å². The summed E-state index contributed by atoms with van der Waals surface area (Å²) in [6, 6.07) is 24.2. The average Bonchev–Trinajstić information content (AvgIpc) is 2.81. The van der Waals surface area contributed by atoms with Crippen molar-refractivity contribution in [1.29, 1.82) is 0 Å². The number of hydrogen-bond acceptors (Lipinski definition) is 5. The van der Waals surface area contributed by atoms with Gasteiger partial charge in [0, 0.05) is 17.5 Å². The van der Waals surface area contributed by atoms with Crippen LogP contribution in [0.15, 0.2) is 72.8 Å². The van der Waals surface area contributed by atoms with Crippen LogP contribution in [0.5, 0.6) is 11.5 Å². The van der Waals surface area contributed by atoms with Crippen LogP contribution in [0.1, 0.15) is 44.6 Å². The molecule has 1 heterocycles. The second-order valence-corrected chi connectivity index (χ2v) is 8.91. The highest BCUT2D eigenvalue weighted by Crippen LogP contribution is 2.31. The fourth-order valence-corrected chi connectivity index (χ4v) is 3.74. The summed E-state index contributed by atoms with van der Waals surface area (Å²) in [5, 5.41) is 9.12. The quantitative estimate of drug-likeness (QED) is 0.298. The predicted molar refractivity (Wildman–Crippen MR) is 136 cm³/mol. The van der Waals surface area contributed by atoms with E-state index in [1.165, 1.54) is 11.1 Å². The Balaban J connectivity index is 1.73. The van der Waals surface area contributed by atoms with Gasteiger partial charge in [-0.25, -0.2) is 4.98 Å². The molecule has 0 aliphatic heterocycles. The zero-order chi connectivity index (χ0) is 24.1. The maximum absolute atomic E-state index is 5.82. The summed E-state index contributed by atoms with van der Waals surface area (Å²) in [7, 11) is 0. The minimum Gasteiger partial charge on any atom is -0.491 e. The minimum atomic E-state index is 0.120. The van der Waals surface area contributed by atoms with Crippen LogP contribution in [0.25, 0.3) is 22.5 Å². The van der Waals surface area contributed by atoms with Gasteiger partial charge in [0.15, 0.2) is 5.82 Å². The SMILES string of the molecule is Cc1ccccc1Cc1nnc(-c2ccc(OC(C)C)cc2)c(-c2ccc(OC(C)C)cc2)n1. The predicted octanol–water partition coefficient (Wildman–Crippen LogP) is 6.68. The molecule has 1 aromatic heterocycles. The second kappa shape index (κ2) is 10.5. The van der Waals surface area contributed by atoms with Crippen LogP contribution in [0.4, 0.5) is 0 Å². The second-order valence-electron chi connectivity index (χ2n) is 8.91. The van der Waals surface area contributed by atoms with Crippen molar-refractivity contribution < 1.29 is 9.47 Å². The standard InChI is InChI=1S/C29H31N3O2/c1-19(2)33-25-14-10-22(11-15-25)28-29(23-12-16-26(17-13-23)34-20(3)4)32-31-27(30-28)18-24-9-7-6-8-21(24)5/h6-17,19-20H,18H2,1-5H3. The van der Waals surface area contributed by atoms with Gasteiger partial charge in [0.05, 0.1) is 12.2 Å². The molecule has 0 saturated carbocycles. The van der Waals surface area contributed by atoms with Gasteiger partial charge >= 0.3 is 0 Å². The molecule has 5 heteroatoms. The van der Waals surface area contributed by atoms with E-state index in [2.05, 4.69) is 29.3 Å². The maximum atomic E-state index is 5.82. The van der Waals surface area contributed by atoms with Crippen molar-refractivity contribution in [2.75, 3.05) is 0 Å². The molecule has 0 radical (unpaired) electrons. The molecule has 0 fully saturated rings. The Hall–Kier alpha value is -3.73. The van der Waals surface area contributed by atoms with Gasteiger partial charge in [0.25, 0.3) is 0 Å². The highest BCUT2D eigenvalue weighted by Gasteiger charge is 2.15. The van der Waals surface area contributed by atoms with Crippen molar-refractivity contribution >= 4 is 0 Å². The molecule has 5 nitrogen and oxygen atoms in total. The van der Waals surface area contributed by atoms with Gasteiger partial charge in [-0.3, -0.25) is 0 Å². The molecular weight excluding hydrogens is 422 g/mol. The van der Waals surface area contributed by atoms with Crippen molar-refractivity contribution in [2.45, 2.75) is 53.2 Å². The number of nitrogens with zero attached hydrogens (tertiary/aromatic N) is 3. The molecule has 0 spiro atoms.